The first kappa shape index (κ1) is 11.1. The summed E-state index contributed by atoms with van der Waals surface area (Å²) in [4.78, 5) is 10.2. The molecular weight excluding hydrogens is 222 g/mol. The standard InChI is InChI=1S/C10H11N5O2/c1-14-7-9(12-13-14)6-11-8-3-2-4-10(5-8)15(16)17/h2-5,7,11H,6H2,1H3. The number of anilines is 1. The zero-order chi connectivity index (χ0) is 12.3. The van der Waals surface area contributed by atoms with Crippen LogP contribution in [-0.4, -0.2) is 19.9 Å². The summed E-state index contributed by atoms with van der Waals surface area (Å²) in [6.45, 7) is 0.481. The first-order chi connectivity index (χ1) is 8.15. The molecule has 0 saturated heterocycles. The van der Waals surface area contributed by atoms with Crippen LogP contribution in [0.4, 0.5) is 11.4 Å². The first-order valence-electron chi connectivity index (χ1n) is 4.98. The second-order valence-corrected chi connectivity index (χ2v) is 3.54. The number of benzene rings is 1. The molecule has 0 saturated carbocycles. The SMILES string of the molecule is Cn1cc(CNc2cccc([N+](=O)[O-])c2)nn1. The van der Waals surface area contributed by atoms with E-state index in [0.717, 1.165) is 5.69 Å². The summed E-state index contributed by atoms with van der Waals surface area (Å²) in [5.74, 6) is 0. The van der Waals surface area contributed by atoms with Crippen LogP contribution in [0.5, 0.6) is 0 Å². The Morgan fingerprint density at radius 1 is 1.53 bits per heavy atom. The summed E-state index contributed by atoms with van der Waals surface area (Å²) < 4.78 is 1.60. The Bertz CT molecular complexity index is 537. The first-order valence-corrected chi connectivity index (χ1v) is 4.98. The molecule has 1 N–H and O–H groups in total. The largest absolute Gasteiger partial charge is 0.379 e. The Kier molecular flexibility index (Phi) is 2.99. The highest BCUT2D eigenvalue weighted by atomic mass is 16.6. The van der Waals surface area contributed by atoms with Crippen LogP contribution in [-0.2, 0) is 13.6 Å². The minimum atomic E-state index is -0.423. The Morgan fingerprint density at radius 2 is 2.35 bits per heavy atom. The second kappa shape index (κ2) is 4.60. The summed E-state index contributed by atoms with van der Waals surface area (Å²) >= 11 is 0. The molecule has 0 atom stereocenters. The van der Waals surface area contributed by atoms with Crippen molar-refractivity contribution in [3.63, 3.8) is 0 Å². The van der Waals surface area contributed by atoms with Crippen LogP contribution in [0.2, 0.25) is 0 Å². The van der Waals surface area contributed by atoms with Crippen molar-refractivity contribution in [2.45, 2.75) is 6.54 Å². The van der Waals surface area contributed by atoms with Crippen molar-refractivity contribution in [3.05, 3.63) is 46.3 Å². The van der Waals surface area contributed by atoms with Crippen LogP contribution in [0.1, 0.15) is 5.69 Å². The molecule has 88 valence electrons. The van der Waals surface area contributed by atoms with E-state index in [1.54, 1.807) is 30.1 Å². The van der Waals surface area contributed by atoms with Crippen molar-refractivity contribution in [1.82, 2.24) is 15.0 Å². The van der Waals surface area contributed by atoms with Crippen LogP contribution in [0.3, 0.4) is 0 Å². The molecule has 0 radical (unpaired) electrons. The third kappa shape index (κ3) is 2.77. The van der Waals surface area contributed by atoms with Crippen LogP contribution in [0.25, 0.3) is 0 Å². The lowest BCUT2D eigenvalue weighted by Gasteiger charge is -2.03. The molecule has 0 amide bonds. The highest BCUT2D eigenvalue weighted by molar-refractivity contribution is 5.50. The molecule has 0 fully saturated rings. The minimum absolute atomic E-state index is 0.0640. The molecule has 7 heteroatoms. The lowest BCUT2D eigenvalue weighted by atomic mass is 10.3. The molecular formula is C10H11N5O2. The normalized spacial score (nSPS) is 10.2. The van der Waals surface area contributed by atoms with E-state index < -0.39 is 4.92 Å². The highest BCUT2D eigenvalue weighted by Crippen LogP contribution is 2.17. The smallest absolute Gasteiger partial charge is 0.271 e. The zero-order valence-corrected chi connectivity index (χ0v) is 9.20. The van der Waals surface area contributed by atoms with Gasteiger partial charge in [0.25, 0.3) is 5.69 Å². The lowest BCUT2D eigenvalue weighted by molar-refractivity contribution is -0.384. The Hall–Kier alpha value is -2.44. The van der Waals surface area contributed by atoms with Crippen molar-refractivity contribution in [2.24, 2.45) is 7.05 Å². The molecule has 2 rings (SSSR count). The number of nitro groups is 1. The van der Waals surface area contributed by atoms with Gasteiger partial charge >= 0.3 is 0 Å². The molecule has 0 aliphatic rings. The van der Waals surface area contributed by atoms with Gasteiger partial charge in [0, 0.05) is 31.1 Å². The van der Waals surface area contributed by atoms with Crippen LogP contribution < -0.4 is 5.32 Å². The molecule has 0 bridgehead atoms. The van der Waals surface area contributed by atoms with Crippen molar-refractivity contribution in [1.29, 1.82) is 0 Å². The highest BCUT2D eigenvalue weighted by Gasteiger charge is 2.05. The average molecular weight is 233 g/mol. The van der Waals surface area contributed by atoms with Gasteiger partial charge in [-0.2, -0.15) is 0 Å². The fraction of sp³-hybridized carbons (Fsp3) is 0.200. The van der Waals surface area contributed by atoms with Crippen molar-refractivity contribution in [3.8, 4) is 0 Å². The molecule has 2 aromatic rings. The molecule has 17 heavy (non-hydrogen) atoms. The molecule has 0 aliphatic heterocycles. The third-order valence-corrected chi connectivity index (χ3v) is 2.18. The fourth-order valence-electron chi connectivity index (χ4n) is 1.40. The van der Waals surface area contributed by atoms with E-state index in [-0.39, 0.29) is 5.69 Å². The second-order valence-electron chi connectivity index (χ2n) is 3.54. The van der Waals surface area contributed by atoms with Gasteiger partial charge in [-0.15, -0.1) is 5.10 Å². The monoisotopic (exact) mass is 233 g/mol. The maximum atomic E-state index is 10.6. The maximum absolute atomic E-state index is 10.6. The third-order valence-electron chi connectivity index (χ3n) is 2.18. The molecule has 0 unspecified atom stereocenters. The van der Waals surface area contributed by atoms with Crippen LogP contribution >= 0.6 is 0 Å². The summed E-state index contributed by atoms with van der Waals surface area (Å²) in [5, 5.41) is 21.3. The van der Waals surface area contributed by atoms with Gasteiger partial charge in [-0.25, -0.2) is 0 Å². The quantitative estimate of drug-likeness (QED) is 0.636. The van der Waals surface area contributed by atoms with Crippen LogP contribution in [0.15, 0.2) is 30.5 Å². The predicted molar refractivity (Wildman–Crippen MR) is 61.4 cm³/mol. The molecule has 0 aliphatic carbocycles. The van der Waals surface area contributed by atoms with E-state index >= 15 is 0 Å². The van der Waals surface area contributed by atoms with Gasteiger partial charge in [0.05, 0.1) is 11.5 Å². The lowest BCUT2D eigenvalue weighted by Crippen LogP contribution is -2.00. The van der Waals surface area contributed by atoms with Crippen molar-refractivity contribution in [2.75, 3.05) is 5.32 Å². The van der Waals surface area contributed by atoms with E-state index in [2.05, 4.69) is 15.6 Å². The summed E-state index contributed by atoms with van der Waals surface area (Å²) in [6.07, 6.45) is 1.78. The Morgan fingerprint density at radius 3 is 3.00 bits per heavy atom. The van der Waals surface area contributed by atoms with Crippen molar-refractivity contribution >= 4 is 11.4 Å². The van der Waals surface area contributed by atoms with Gasteiger partial charge in [0.2, 0.25) is 0 Å². The van der Waals surface area contributed by atoms with E-state index in [0.29, 0.717) is 12.2 Å². The number of nitro benzene ring substituents is 1. The number of nitrogens with zero attached hydrogens (tertiary/aromatic N) is 4. The van der Waals surface area contributed by atoms with E-state index in [1.807, 2.05) is 0 Å². The van der Waals surface area contributed by atoms with Gasteiger partial charge in [-0.05, 0) is 6.07 Å². The number of rotatable bonds is 4. The number of nitrogens with one attached hydrogen (secondary N) is 1. The van der Waals surface area contributed by atoms with Gasteiger partial charge < -0.3 is 5.32 Å². The number of aryl methyl sites for hydroxylation is 1. The molecule has 0 spiro atoms. The van der Waals surface area contributed by atoms with E-state index in [9.17, 15) is 10.1 Å². The topological polar surface area (TPSA) is 85.9 Å². The Labute approximate surface area is 97.2 Å². The summed E-state index contributed by atoms with van der Waals surface area (Å²) in [5.41, 5.74) is 1.53. The van der Waals surface area contributed by atoms with Gasteiger partial charge in [-0.3, -0.25) is 14.8 Å². The van der Waals surface area contributed by atoms with Gasteiger partial charge in [-0.1, -0.05) is 11.3 Å². The predicted octanol–water partition coefficient (Wildman–Crippen LogP) is 1.34. The molecule has 1 aromatic heterocycles. The Balaban J connectivity index is 2.04. The molecule has 1 heterocycles. The minimum Gasteiger partial charge on any atom is -0.379 e. The number of hydrogen-bond acceptors (Lipinski definition) is 5. The van der Waals surface area contributed by atoms with Gasteiger partial charge in [0.15, 0.2) is 0 Å². The summed E-state index contributed by atoms with van der Waals surface area (Å²) in [7, 11) is 1.78. The maximum Gasteiger partial charge on any atom is 0.271 e. The molecule has 1 aromatic carbocycles. The van der Waals surface area contributed by atoms with Crippen molar-refractivity contribution < 1.29 is 4.92 Å². The fourth-order valence-corrected chi connectivity index (χ4v) is 1.40. The number of hydrogen-bond donors (Lipinski definition) is 1. The van der Waals surface area contributed by atoms with Gasteiger partial charge in [0.1, 0.15) is 5.69 Å². The van der Waals surface area contributed by atoms with E-state index in [1.165, 1.54) is 12.1 Å². The number of aromatic nitrogens is 3. The summed E-state index contributed by atoms with van der Waals surface area (Å²) in [6, 6.07) is 6.34. The number of non-ortho nitro benzene ring substituents is 1. The zero-order valence-electron chi connectivity index (χ0n) is 9.20. The van der Waals surface area contributed by atoms with E-state index in [4.69, 9.17) is 0 Å². The molecule has 7 nitrogen and oxygen atoms in total. The average Bonchev–Trinajstić information content (AvgIpc) is 2.73. The van der Waals surface area contributed by atoms with Crippen LogP contribution in [0, 0.1) is 10.1 Å².